The summed E-state index contributed by atoms with van der Waals surface area (Å²) >= 11 is 0. The first kappa shape index (κ1) is 8.82. The van der Waals surface area contributed by atoms with Gasteiger partial charge in [-0.05, 0) is 0 Å². The lowest BCUT2D eigenvalue weighted by Crippen LogP contribution is -1.91. The molecule has 5 heavy (non-hydrogen) atoms. The molecule has 0 atom stereocenters. The monoisotopic (exact) mass is 72.1 g/mol. The van der Waals surface area contributed by atoms with Crippen molar-refractivity contribution >= 4 is 0 Å². The zero-order valence-electron chi connectivity index (χ0n) is 3.07. The molecule has 0 unspecified atom stereocenters. The van der Waals surface area contributed by atoms with Crippen molar-refractivity contribution in [2.75, 3.05) is 6.54 Å². The molecule has 0 aliphatic rings. The Balaban J connectivity index is 0. The van der Waals surface area contributed by atoms with Gasteiger partial charge in [0.15, 0.2) is 0 Å². The first-order valence-electron chi connectivity index (χ1n) is 1.05. The number of rotatable bonds is 0. The largest absolute Gasteiger partial charge is 0.344 e. The highest BCUT2D eigenvalue weighted by molar-refractivity contribution is 4.83. The Morgan fingerprint density at radius 2 is 2.00 bits per heavy atom. The summed E-state index contributed by atoms with van der Waals surface area (Å²) in [6.45, 7) is 0.347. The van der Waals surface area contributed by atoms with Crippen LogP contribution in [0.4, 0.5) is 0 Å². The van der Waals surface area contributed by atoms with Crippen molar-refractivity contribution in [1.82, 2.24) is 6.15 Å². The van der Waals surface area contributed by atoms with Gasteiger partial charge in [0.25, 0.3) is 0 Å². The Labute approximate surface area is 31.9 Å². The van der Waals surface area contributed by atoms with Gasteiger partial charge in [0.2, 0.25) is 0 Å². The molecule has 0 saturated heterocycles. The summed E-state index contributed by atoms with van der Waals surface area (Å²) in [7, 11) is 0. The Morgan fingerprint density at radius 1 is 1.80 bits per heavy atom. The average Bonchev–Trinajstić information content (AvgIpc) is 1.37. The molecule has 0 spiro atoms. The van der Waals surface area contributed by atoms with E-state index in [1.165, 1.54) is 0 Å². The van der Waals surface area contributed by atoms with Gasteiger partial charge in [-0.2, -0.15) is 0 Å². The van der Waals surface area contributed by atoms with E-state index < -0.39 is 0 Å². The summed E-state index contributed by atoms with van der Waals surface area (Å²) in [5.41, 5.74) is 4.79. The molecule has 0 fully saturated rings. The number of hydrogen-bond acceptors (Lipinski definition) is 2. The summed E-state index contributed by atoms with van der Waals surface area (Å²) in [4.78, 5) is 0. The van der Waals surface area contributed by atoms with Crippen LogP contribution in [0.2, 0.25) is 0 Å². The second-order valence-electron chi connectivity index (χ2n) is 0.408. The average molecular weight is 72.1 g/mol. The van der Waals surface area contributed by atoms with E-state index in [4.69, 9.17) is 5.73 Å². The Kier molecular flexibility index (Phi) is 17.2. The molecule has 0 saturated carbocycles. The lowest BCUT2D eigenvalue weighted by molar-refractivity contribution is 1.30. The number of nitrogens with two attached hydrogens (primary N) is 1. The molecule has 0 aromatic rings. The molecule has 0 heterocycles. The van der Waals surface area contributed by atoms with E-state index in [9.17, 15) is 0 Å². The normalized spacial score (nSPS) is 4.00. The van der Waals surface area contributed by atoms with Gasteiger partial charge in [-0.3, -0.25) is 0 Å². The maximum atomic E-state index is 4.79. The summed E-state index contributed by atoms with van der Waals surface area (Å²) in [5, 5.41) is 0. The molecule has 0 radical (unpaired) electrons. The summed E-state index contributed by atoms with van der Waals surface area (Å²) in [5.74, 6) is 2.21. The molecule has 5 N–H and O–H groups in total. The maximum absolute atomic E-state index is 4.79. The number of hydrogen-bond donors (Lipinski definition) is 2. The van der Waals surface area contributed by atoms with E-state index in [1.807, 2.05) is 0 Å². The van der Waals surface area contributed by atoms with Crippen molar-refractivity contribution in [3.8, 4) is 12.3 Å². The minimum atomic E-state index is 0. The quantitative estimate of drug-likeness (QED) is 0.387. The highest BCUT2D eigenvalue weighted by Gasteiger charge is 1.41. The van der Waals surface area contributed by atoms with Gasteiger partial charge in [-0.25, -0.2) is 0 Å². The molecule has 0 aromatic heterocycles. The van der Waals surface area contributed by atoms with Crippen LogP contribution < -0.4 is 11.9 Å². The van der Waals surface area contributed by atoms with Gasteiger partial charge in [0.05, 0.1) is 6.54 Å². The van der Waals surface area contributed by atoms with Crippen molar-refractivity contribution < 1.29 is 0 Å². The Bertz CT molecular complexity index is 34.6. The van der Waals surface area contributed by atoms with Crippen molar-refractivity contribution in [2.24, 2.45) is 5.73 Å². The molecule has 0 amide bonds. The Hall–Kier alpha value is -0.520. The predicted octanol–water partition coefficient (Wildman–Crippen LogP) is -0.260. The van der Waals surface area contributed by atoms with Crippen LogP contribution in [0, 0.1) is 12.3 Å². The van der Waals surface area contributed by atoms with Crippen LogP contribution in [-0.2, 0) is 0 Å². The topological polar surface area (TPSA) is 61.0 Å². The molecule has 0 aliphatic heterocycles. The summed E-state index contributed by atoms with van der Waals surface area (Å²) in [6, 6.07) is 0. The first-order valence-corrected chi connectivity index (χ1v) is 1.05. The van der Waals surface area contributed by atoms with Crippen LogP contribution in [0.25, 0.3) is 0 Å². The fourth-order valence-corrected chi connectivity index (χ4v) is 0. The molecule has 30 valence electrons. The third kappa shape index (κ3) is 33.1. The zero-order chi connectivity index (χ0) is 3.41. The van der Waals surface area contributed by atoms with E-state index in [1.54, 1.807) is 0 Å². The lowest BCUT2D eigenvalue weighted by atomic mass is 10.7. The van der Waals surface area contributed by atoms with E-state index >= 15 is 0 Å². The molecule has 0 aliphatic carbocycles. The molecule has 0 rings (SSSR count). The highest BCUT2D eigenvalue weighted by Crippen LogP contribution is 1.25. The van der Waals surface area contributed by atoms with Gasteiger partial charge in [-0.1, -0.05) is 5.92 Å². The summed E-state index contributed by atoms with van der Waals surface area (Å²) < 4.78 is 0. The van der Waals surface area contributed by atoms with Gasteiger partial charge in [-0.15, -0.1) is 6.42 Å². The third-order valence-corrected chi connectivity index (χ3v) is 0.118. The van der Waals surface area contributed by atoms with E-state index in [0.29, 0.717) is 6.54 Å². The maximum Gasteiger partial charge on any atom is 0.0548 e. The van der Waals surface area contributed by atoms with Crippen molar-refractivity contribution in [3.63, 3.8) is 0 Å². The molecular weight excluding hydrogens is 64.0 g/mol. The van der Waals surface area contributed by atoms with Crippen LogP contribution in [0.1, 0.15) is 0 Å². The van der Waals surface area contributed by atoms with E-state index in [-0.39, 0.29) is 6.15 Å². The second-order valence-corrected chi connectivity index (χ2v) is 0.408. The van der Waals surface area contributed by atoms with Crippen molar-refractivity contribution in [3.05, 3.63) is 0 Å². The van der Waals surface area contributed by atoms with Gasteiger partial charge in [0, 0.05) is 0 Å². The van der Waals surface area contributed by atoms with Crippen molar-refractivity contribution in [1.29, 1.82) is 0 Å². The molecule has 0 bridgehead atoms. The third-order valence-electron chi connectivity index (χ3n) is 0.118. The first-order chi connectivity index (χ1) is 1.91. The zero-order valence-corrected chi connectivity index (χ0v) is 3.07. The smallest absolute Gasteiger partial charge is 0.0548 e. The molecular formula is C3H8N2. The number of terminal acetylenes is 1. The van der Waals surface area contributed by atoms with E-state index in [0.717, 1.165) is 0 Å². The van der Waals surface area contributed by atoms with Gasteiger partial charge < -0.3 is 11.9 Å². The fraction of sp³-hybridized carbons (Fsp3) is 0.333. The van der Waals surface area contributed by atoms with Crippen LogP contribution in [0.3, 0.4) is 0 Å². The van der Waals surface area contributed by atoms with Crippen molar-refractivity contribution in [2.45, 2.75) is 0 Å². The minimum absolute atomic E-state index is 0. The molecule has 2 heteroatoms. The van der Waals surface area contributed by atoms with E-state index in [2.05, 4.69) is 12.3 Å². The highest BCUT2D eigenvalue weighted by atomic mass is 14.5. The molecule has 0 aromatic carbocycles. The fourth-order valence-electron chi connectivity index (χ4n) is 0. The van der Waals surface area contributed by atoms with Gasteiger partial charge >= 0.3 is 0 Å². The van der Waals surface area contributed by atoms with Gasteiger partial charge in [0.1, 0.15) is 0 Å². The molecule has 2 nitrogen and oxygen atoms in total. The van der Waals surface area contributed by atoms with Crippen LogP contribution in [0.5, 0.6) is 0 Å². The van der Waals surface area contributed by atoms with Crippen LogP contribution in [0.15, 0.2) is 0 Å². The SMILES string of the molecule is C#CCN.N. The summed E-state index contributed by atoms with van der Waals surface area (Å²) in [6.07, 6.45) is 4.65. The van der Waals surface area contributed by atoms with Crippen LogP contribution >= 0.6 is 0 Å². The standard InChI is InChI=1S/C3H5N.H3N/c1-2-3-4;/h1H,3-4H2;1H3. The lowest BCUT2D eigenvalue weighted by Gasteiger charge is -1.56. The predicted molar refractivity (Wildman–Crippen MR) is 22.9 cm³/mol. The second kappa shape index (κ2) is 9.77. The minimum Gasteiger partial charge on any atom is -0.344 e. The Morgan fingerprint density at radius 3 is 2.00 bits per heavy atom. The van der Waals surface area contributed by atoms with Crippen LogP contribution in [-0.4, -0.2) is 6.54 Å².